The Hall–Kier alpha value is -2.23. The summed E-state index contributed by atoms with van der Waals surface area (Å²) in [5.74, 6) is 0.362. The van der Waals surface area contributed by atoms with Crippen molar-refractivity contribution in [2.24, 2.45) is 0 Å². The maximum absolute atomic E-state index is 10.7. The molecule has 0 fully saturated rings. The highest BCUT2D eigenvalue weighted by Crippen LogP contribution is 2.38. The minimum atomic E-state index is -0.786. The second-order valence-electron chi connectivity index (χ2n) is 5.58. The van der Waals surface area contributed by atoms with Crippen LogP contribution in [-0.4, -0.2) is 21.0 Å². The predicted molar refractivity (Wildman–Crippen MR) is 79.5 cm³/mol. The average Bonchev–Trinajstić information content (AvgIpc) is 2.39. The smallest absolute Gasteiger partial charge is 0.303 e. The van der Waals surface area contributed by atoms with Crippen molar-refractivity contribution in [2.45, 2.75) is 39.0 Å². The molecule has 0 saturated carbocycles. The average molecular weight is 282 g/mol. The number of carboxylic acids is 1. The van der Waals surface area contributed by atoms with Crippen LogP contribution in [0, 0.1) is 13.8 Å². The molecule has 4 nitrogen and oxygen atoms in total. The largest absolute Gasteiger partial charge is 0.481 e. The number of nitrogens with zero attached hydrogens (tertiary/aromatic N) is 2. The Morgan fingerprint density at radius 3 is 2.52 bits per heavy atom. The van der Waals surface area contributed by atoms with Gasteiger partial charge in [-0.15, -0.1) is 0 Å². The summed E-state index contributed by atoms with van der Waals surface area (Å²) in [6.45, 7) is 3.89. The van der Waals surface area contributed by atoms with Gasteiger partial charge in [0.25, 0.3) is 0 Å². The van der Waals surface area contributed by atoms with E-state index in [2.05, 4.69) is 28.2 Å². The van der Waals surface area contributed by atoms with E-state index in [0.29, 0.717) is 6.42 Å². The van der Waals surface area contributed by atoms with Gasteiger partial charge in [-0.25, -0.2) is 9.97 Å². The Balaban J connectivity index is 1.88. The van der Waals surface area contributed by atoms with Crippen LogP contribution in [0.3, 0.4) is 0 Å². The van der Waals surface area contributed by atoms with Crippen LogP contribution in [0.15, 0.2) is 24.3 Å². The van der Waals surface area contributed by atoms with E-state index in [1.54, 1.807) is 0 Å². The van der Waals surface area contributed by atoms with Gasteiger partial charge in [-0.1, -0.05) is 24.3 Å². The van der Waals surface area contributed by atoms with Crippen molar-refractivity contribution in [3.63, 3.8) is 0 Å². The highest BCUT2D eigenvalue weighted by atomic mass is 16.4. The molecule has 1 aromatic heterocycles. The molecule has 2 aromatic rings. The van der Waals surface area contributed by atoms with E-state index >= 15 is 0 Å². The molecule has 1 aliphatic rings. The molecule has 0 aliphatic heterocycles. The maximum atomic E-state index is 10.7. The fourth-order valence-corrected chi connectivity index (χ4v) is 3.00. The van der Waals surface area contributed by atoms with E-state index in [-0.39, 0.29) is 12.3 Å². The number of fused-ring (bicyclic) bond motifs is 1. The summed E-state index contributed by atoms with van der Waals surface area (Å²) in [7, 11) is 0. The Morgan fingerprint density at radius 1 is 1.24 bits per heavy atom. The molecule has 108 valence electrons. The first-order valence-corrected chi connectivity index (χ1v) is 7.20. The minimum Gasteiger partial charge on any atom is -0.481 e. The van der Waals surface area contributed by atoms with E-state index in [1.807, 2.05) is 19.9 Å². The standard InChI is InChI=1S/C17H18N2O2/c1-10-13(7-8-16(20)21)11(2)19-17(18-10)15-9-12-5-3-4-6-14(12)15/h3-6,15H,7-9H2,1-2H3,(H,20,21). The van der Waals surface area contributed by atoms with E-state index in [1.165, 1.54) is 11.1 Å². The number of aliphatic carboxylic acids is 1. The van der Waals surface area contributed by atoms with Crippen LogP contribution in [0.2, 0.25) is 0 Å². The SMILES string of the molecule is Cc1nc(C2Cc3ccccc32)nc(C)c1CCC(=O)O. The molecule has 0 bridgehead atoms. The first kappa shape index (κ1) is 13.7. The molecule has 0 spiro atoms. The molecule has 3 rings (SSSR count). The third-order valence-electron chi connectivity index (χ3n) is 4.19. The van der Waals surface area contributed by atoms with Gasteiger partial charge in [0.15, 0.2) is 0 Å². The van der Waals surface area contributed by atoms with Gasteiger partial charge in [0.1, 0.15) is 5.82 Å². The Kier molecular flexibility index (Phi) is 3.45. The van der Waals surface area contributed by atoms with Crippen molar-refractivity contribution >= 4 is 5.97 Å². The lowest BCUT2D eigenvalue weighted by molar-refractivity contribution is -0.136. The van der Waals surface area contributed by atoms with E-state index in [9.17, 15) is 4.79 Å². The lowest BCUT2D eigenvalue weighted by atomic mass is 9.77. The zero-order valence-corrected chi connectivity index (χ0v) is 12.3. The number of aryl methyl sites for hydroxylation is 2. The van der Waals surface area contributed by atoms with Crippen LogP contribution in [0.1, 0.15) is 46.2 Å². The molecule has 0 amide bonds. The number of hydrogen-bond acceptors (Lipinski definition) is 3. The molecule has 4 heteroatoms. The van der Waals surface area contributed by atoms with Crippen LogP contribution in [0.25, 0.3) is 0 Å². The number of rotatable bonds is 4. The molecule has 1 aliphatic carbocycles. The lowest BCUT2D eigenvalue weighted by Gasteiger charge is -2.29. The summed E-state index contributed by atoms with van der Waals surface area (Å²) in [4.78, 5) is 20.0. The van der Waals surface area contributed by atoms with Crippen molar-refractivity contribution in [1.82, 2.24) is 9.97 Å². The Bertz CT molecular complexity index is 687. The highest BCUT2D eigenvalue weighted by molar-refractivity contribution is 5.67. The van der Waals surface area contributed by atoms with Crippen molar-refractivity contribution in [2.75, 3.05) is 0 Å². The van der Waals surface area contributed by atoms with Gasteiger partial charge in [-0.3, -0.25) is 4.79 Å². The van der Waals surface area contributed by atoms with Crippen molar-refractivity contribution in [1.29, 1.82) is 0 Å². The van der Waals surface area contributed by atoms with Crippen molar-refractivity contribution in [3.8, 4) is 0 Å². The van der Waals surface area contributed by atoms with Gasteiger partial charge in [0.05, 0.1) is 0 Å². The van der Waals surface area contributed by atoms with Crippen molar-refractivity contribution < 1.29 is 9.90 Å². The number of carboxylic acid groups (broad SMARTS) is 1. The molecule has 1 atom stereocenters. The van der Waals surface area contributed by atoms with Crippen LogP contribution in [0.5, 0.6) is 0 Å². The second-order valence-corrected chi connectivity index (χ2v) is 5.58. The van der Waals surface area contributed by atoms with Gasteiger partial charge < -0.3 is 5.11 Å². The Morgan fingerprint density at radius 2 is 1.90 bits per heavy atom. The van der Waals surface area contributed by atoms with Crippen LogP contribution in [0.4, 0.5) is 0 Å². The third-order valence-corrected chi connectivity index (χ3v) is 4.19. The highest BCUT2D eigenvalue weighted by Gasteiger charge is 2.29. The van der Waals surface area contributed by atoms with E-state index in [0.717, 1.165) is 29.2 Å². The molecule has 1 N–H and O–H groups in total. The first-order chi connectivity index (χ1) is 10.1. The van der Waals surface area contributed by atoms with Gasteiger partial charge in [0, 0.05) is 23.7 Å². The number of benzene rings is 1. The summed E-state index contributed by atoms with van der Waals surface area (Å²) in [6, 6.07) is 8.38. The molecule has 1 unspecified atom stereocenters. The van der Waals surface area contributed by atoms with Crippen molar-refractivity contribution in [3.05, 3.63) is 58.2 Å². The molecule has 1 aromatic carbocycles. The quantitative estimate of drug-likeness (QED) is 0.936. The molecule has 0 radical (unpaired) electrons. The lowest BCUT2D eigenvalue weighted by Crippen LogP contribution is -2.21. The fourth-order valence-electron chi connectivity index (χ4n) is 3.00. The van der Waals surface area contributed by atoms with Crippen LogP contribution < -0.4 is 0 Å². The zero-order chi connectivity index (χ0) is 15.0. The third kappa shape index (κ3) is 2.53. The Labute approximate surface area is 123 Å². The summed E-state index contributed by atoms with van der Waals surface area (Å²) in [6.07, 6.45) is 1.61. The van der Waals surface area contributed by atoms with E-state index in [4.69, 9.17) is 5.11 Å². The first-order valence-electron chi connectivity index (χ1n) is 7.20. The molecular formula is C17H18N2O2. The summed E-state index contributed by atoms with van der Waals surface area (Å²) in [5.41, 5.74) is 5.46. The monoisotopic (exact) mass is 282 g/mol. The van der Waals surface area contributed by atoms with Gasteiger partial charge in [-0.05, 0) is 43.4 Å². The zero-order valence-electron chi connectivity index (χ0n) is 12.3. The summed E-state index contributed by atoms with van der Waals surface area (Å²) in [5, 5.41) is 8.82. The van der Waals surface area contributed by atoms with Crippen LogP contribution >= 0.6 is 0 Å². The van der Waals surface area contributed by atoms with Gasteiger partial charge in [0.2, 0.25) is 0 Å². The topological polar surface area (TPSA) is 63.1 Å². The van der Waals surface area contributed by atoms with E-state index < -0.39 is 5.97 Å². The summed E-state index contributed by atoms with van der Waals surface area (Å²) < 4.78 is 0. The van der Waals surface area contributed by atoms with Gasteiger partial charge in [-0.2, -0.15) is 0 Å². The molecular weight excluding hydrogens is 264 g/mol. The fraction of sp³-hybridized carbons (Fsp3) is 0.353. The van der Waals surface area contributed by atoms with Crippen LogP contribution in [-0.2, 0) is 17.6 Å². The minimum absolute atomic E-state index is 0.122. The number of hydrogen-bond donors (Lipinski definition) is 1. The summed E-state index contributed by atoms with van der Waals surface area (Å²) >= 11 is 0. The molecule has 0 saturated heterocycles. The van der Waals surface area contributed by atoms with Gasteiger partial charge >= 0.3 is 5.97 Å². The number of aromatic nitrogens is 2. The molecule has 1 heterocycles. The normalized spacial score (nSPS) is 16.2. The number of carbonyl (C=O) groups is 1. The maximum Gasteiger partial charge on any atom is 0.303 e. The molecule has 21 heavy (non-hydrogen) atoms. The second kappa shape index (κ2) is 5.28. The predicted octanol–water partition coefficient (Wildman–Crippen LogP) is 2.80.